The predicted octanol–water partition coefficient (Wildman–Crippen LogP) is 3.95. The molecule has 5 nitrogen and oxygen atoms in total. The second-order valence-corrected chi connectivity index (χ2v) is 7.25. The highest BCUT2D eigenvalue weighted by Crippen LogP contribution is 2.26. The highest BCUT2D eigenvalue weighted by molar-refractivity contribution is 5.84. The molecule has 0 saturated carbocycles. The Kier molecular flexibility index (Phi) is 5.40. The van der Waals surface area contributed by atoms with Gasteiger partial charge in [0.25, 0.3) is 0 Å². The summed E-state index contributed by atoms with van der Waals surface area (Å²) in [5.74, 6) is -0.294. The molecule has 140 valence electrons. The fourth-order valence-electron chi connectivity index (χ4n) is 3.27. The van der Waals surface area contributed by atoms with Gasteiger partial charge in [-0.2, -0.15) is 5.10 Å². The number of aromatic nitrogens is 2. The maximum absolute atomic E-state index is 12.7. The molecule has 0 atom stereocenters. The van der Waals surface area contributed by atoms with Crippen molar-refractivity contribution in [2.75, 3.05) is 0 Å². The zero-order valence-electron chi connectivity index (χ0n) is 15.9. The summed E-state index contributed by atoms with van der Waals surface area (Å²) in [7, 11) is 0. The van der Waals surface area contributed by atoms with Crippen LogP contribution in [0.1, 0.15) is 37.0 Å². The van der Waals surface area contributed by atoms with Crippen molar-refractivity contribution in [2.24, 2.45) is 0 Å². The topological polar surface area (TPSA) is 61.2 Å². The molecule has 0 N–H and O–H groups in total. The Morgan fingerprint density at radius 1 is 1.22 bits per heavy atom. The van der Waals surface area contributed by atoms with Crippen LogP contribution in [0.25, 0.3) is 10.9 Å². The van der Waals surface area contributed by atoms with Crippen LogP contribution in [-0.4, -0.2) is 22.0 Å². The fraction of sp³-hybridized carbons (Fsp3) is 0.318. The summed E-state index contributed by atoms with van der Waals surface area (Å²) in [4.78, 5) is 23.3. The normalized spacial score (nSPS) is 11.5. The summed E-state index contributed by atoms with van der Waals surface area (Å²) in [5, 5.41) is 5.36. The van der Waals surface area contributed by atoms with Gasteiger partial charge in [0, 0.05) is 11.8 Å². The van der Waals surface area contributed by atoms with E-state index in [1.54, 1.807) is 10.9 Å². The van der Waals surface area contributed by atoms with Crippen LogP contribution in [0.3, 0.4) is 0 Å². The number of ether oxygens (including phenoxy) is 1. The molecule has 1 heterocycles. The summed E-state index contributed by atoms with van der Waals surface area (Å²) in [6.45, 7) is 5.78. The van der Waals surface area contributed by atoms with E-state index in [0.717, 1.165) is 33.9 Å². The lowest BCUT2D eigenvalue weighted by Crippen LogP contribution is -2.31. The minimum absolute atomic E-state index is 0.0626. The first-order valence-corrected chi connectivity index (χ1v) is 9.05. The summed E-state index contributed by atoms with van der Waals surface area (Å²) >= 11 is 0. The van der Waals surface area contributed by atoms with Gasteiger partial charge in [0.05, 0.1) is 17.1 Å². The first kappa shape index (κ1) is 18.8. The van der Waals surface area contributed by atoms with Crippen LogP contribution in [0.5, 0.6) is 0 Å². The third kappa shape index (κ3) is 3.92. The highest BCUT2D eigenvalue weighted by atomic mass is 16.5. The smallest absolute Gasteiger partial charge is 0.317 e. The van der Waals surface area contributed by atoms with Gasteiger partial charge in [-0.25, -0.2) is 4.68 Å². The van der Waals surface area contributed by atoms with Crippen LogP contribution in [0, 0.1) is 6.92 Å². The Morgan fingerprint density at radius 2 is 1.96 bits per heavy atom. The van der Waals surface area contributed by atoms with Crippen molar-refractivity contribution in [1.82, 2.24) is 9.78 Å². The second-order valence-electron chi connectivity index (χ2n) is 7.25. The molecule has 0 aliphatic carbocycles. The van der Waals surface area contributed by atoms with Gasteiger partial charge in [-0.3, -0.25) is 4.79 Å². The number of nitrogens with zero attached hydrogens (tertiary/aromatic N) is 2. The summed E-state index contributed by atoms with van der Waals surface area (Å²) in [6, 6.07) is 13.7. The molecule has 0 unspecified atom stereocenters. The second kappa shape index (κ2) is 7.74. The third-order valence-corrected chi connectivity index (χ3v) is 4.86. The van der Waals surface area contributed by atoms with Gasteiger partial charge in [-0.1, -0.05) is 36.4 Å². The Morgan fingerprint density at radius 3 is 2.67 bits per heavy atom. The summed E-state index contributed by atoms with van der Waals surface area (Å²) < 4.78 is 7.28. The monoisotopic (exact) mass is 364 g/mol. The number of esters is 1. The Bertz CT molecular complexity index is 958. The van der Waals surface area contributed by atoms with E-state index < -0.39 is 5.41 Å². The minimum Gasteiger partial charge on any atom is -0.442 e. The molecule has 0 spiro atoms. The van der Waals surface area contributed by atoms with Crippen LogP contribution in [-0.2, 0) is 32.9 Å². The third-order valence-electron chi connectivity index (χ3n) is 4.86. The molecule has 0 amide bonds. The van der Waals surface area contributed by atoms with Crippen LogP contribution in [0.2, 0.25) is 0 Å². The number of aldehydes is 1. The molecule has 0 aliphatic rings. The molecule has 0 aliphatic heterocycles. The SMILES string of the molecule is Cc1cc(CCC=O)cc2cnn(COC(=O)C(C)(C)c3ccccc3)c12. The van der Waals surface area contributed by atoms with Gasteiger partial charge in [0.15, 0.2) is 6.73 Å². The van der Waals surface area contributed by atoms with Gasteiger partial charge in [0.2, 0.25) is 0 Å². The quantitative estimate of drug-likeness (QED) is 0.470. The number of aryl methyl sites for hydroxylation is 2. The van der Waals surface area contributed by atoms with Gasteiger partial charge < -0.3 is 9.53 Å². The first-order valence-electron chi connectivity index (χ1n) is 9.05. The lowest BCUT2D eigenvalue weighted by Gasteiger charge is -2.23. The predicted molar refractivity (Wildman–Crippen MR) is 104 cm³/mol. The van der Waals surface area contributed by atoms with Gasteiger partial charge >= 0.3 is 5.97 Å². The number of carbonyl (C=O) groups is 2. The van der Waals surface area contributed by atoms with Crippen LogP contribution >= 0.6 is 0 Å². The number of hydrogen-bond donors (Lipinski definition) is 0. The van der Waals surface area contributed by atoms with E-state index in [0.29, 0.717) is 12.8 Å². The highest BCUT2D eigenvalue weighted by Gasteiger charge is 2.31. The first-order chi connectivity index (χ1) is 12.9. The van der Waals surface area contributed by atoms with Crippen LogP contribution in [0.4, 0.5) is 0 Å². The Hall–Kier alpha value is -2.95. The summed E-state index contributed by atoms with van der Waals surface area (Å²) in [6.07, 6.45) is 3.91. The van der Waals surface area contributed by atoms with E-state index in [-0.39, 0.29) is 12.7 Å². The molecule has 3 rings (SSSR count). The lowest BCUT2D eigenvalue weighted by atomic mass is 9.85. The van der Waals surface area contributed by atoms with Crippen molar-refractivity contribution in [3.05, 3.63) is 65.4 Å². The number of carbonyl (C=O) groups excluding carboxylic acids is 2. The molecular weight excluding hydrogens is 340 g/mol. The van der Waals surface area contributed by atoms with E-state index in [2.05, 4.69) is 11.2 Å². The van der Waals surface area contributed by atoms with E-state index >= 15 is 0 Å². The Balaban J connectivity index is 1.77. The van der Waals surface area contributed by atoms with E-state index in [9.17, 15) is 9.59 Å². The van der Waals surface area contributed by atoms with E-state index in [1.807, 2.05) is 57.2 Å². The number of rotatable bonds is 7. The van der Waals surface area contributed by atoms with Crippen molar-refractivity contribution in [3.8, 4) is 0 Å². The van der Waals surface area contributed by atoms with Crippen molar-refractivity contribution in [2.45, 2.75) is 45.8 Å². The molecule has 2 aromatic carbocycles. The zero-order chi connectivity index (χ0) is 19.4. The van der Waals surface area contributed by atoms with Gasteiger partial charge in [0.1, 0.15) is 6.29 Å². The van der Waals surface area contributed by atoms with Crippen LogP contribution < -0.4 is 0 Å². The molecule has 27 heavy (non-hydrogen) atoms. The maximum Gasteiger partial charge on any atom is 0.317 e. The maximum atomic E-state index is 12.7. The molecule has 0 bridgehead atoms. The number of hydrogen-bond acceptors (Lipinski definition) is 4. The van der Waals surface area contributed by atoms with Gasteiger partial charge in [-0.15, -0.1) is 0 Å². The average molecular weight is 364 g/mol. The summed E-state index contributed by atoms with van der Waals surface area (Å²) in [5.41, 5.74) is 3.27. The molecule has 1 aromatic heterocycles. The molecular formula is C22H24N2O3. The molecule has 3 aromatic rings. The fourth-order valence-corrected chi connectivity index (χ4v) is 3.27. The minimum atomic E-state index is -0.735. The molecule has 5 heteroatoms. The van der Waals surface area contributed by atoms with Crippen molar-refractivity contribution >= 4 is 23.2 Å². The Labute approximate surface area is 158 Å². The average Bonchev–Trinajstić information content (AvgIpc) is 3.08. The van der Waals surface area contributed by atoms with Crippen molar-refractivity contribution in [3.63, 3.8) is 0 Å². The molecule has 0 radical (unpaired) electrons. The van der Waals surface area contributed by atoms with Crippen molar-refractivity contribution < 1.29 is 14.3 Å². The number of fused-ring (bicyclic) bond motifs is 1. The molecule has 0 saturated heterocycles. The molecule has 0 fully saturated rings. The largest absolute Gasteiger partial charge is 0.442 e. The van der Waals surface area contributed by atoms with E-state index in [1.165, 1.54) is 0 Å². The standard InChI is InChI=1S/C22H24N2O3/c1-16-12-17(8-7-11-25)13-18-14-23-24(20(16)18)15-27-21(26)22(2,3)19-9-5-4-6-10-19/h4-6,9-14H,7-8,15H2,1-3H3. The zero-order valence-corrected chi connectivity index (χ0v) is 15.9. The van der Waals surface area contributed by atoms with Crippen LogP contribution in [0.15, 0.2) is 48.7 Å². The van der Waals surface area contributed by atoms with Gasteiger partial charge in [-0.05, 0) is 49.9 Å². The van der Waals surface area contributed by atoms with E-state index in [4.69, 9.17) is 4.74 Å². The number of benzene rings is 2. The van der Waals surface area contributed by atoms with Crippen molar-refractivity contribution in [1.29, 1.82) is 0 Å². The lowest BCUT2D eigenvalue weighted by molar-refractivity contribution is -0.153.